The Bertz CT molecular complexity index is 535. The normalized spacial score (nSPS) is 10.1. The van der Waals surface area contributed by atoms with E-state index in [2.05, 4.69) is 0 Å². The largest absolute Gasteiger partial charge is 0.456 e. The lowest BCUT2D eigenvalue weighted by Crippen LogP contribution is -1.96. The highest BCUT2D eigenvalue weighted by molar-refractivity contribution is 5.79. The first-order valence-electron chi connectivity index (χ1n) is 5.76. The van der Waals surface area contributed by atoms with Crippen LogP contribution in [0.1, 0.15) is 15.9 Å². The monoisotopic (exact) mass is 242 g/mol. The molecule has 0 radical (unpaired) electrons. The number of benzene rings is 2. The third kappa shape index (κ3) is 2.76. The van der Waals surface area contributed by atoms with Gasteiger partial charge in [-0.1, -0.05) is 30.3 Å². The fourth-order valence-corrected chi connectivity index (χ4v) is 1.72. The molecule has 2 aromatic carbocycles. The molecule has 0 heterocycles. The molecule has 1 N–H and O–H groups in total. The summed E-state index contributed by atoms with van der Waals surface area (Å²) in [6.45, 7) is 0.0652. The number of aldehydes is 1. The Morgan fingerprint density at radius 1 is 1.00 bits per heavy atom. The number of carbonyl (C=O) groups excluding carboxylic acids is 1. The Morgan fingerprint density at radius 2 is 1.67 bits per heavy atom. The number of ether oxygens (including phenoxy) is 1. The van der Waals surface area contributed by atoms with Gasteiger partial charge in [-0.25, -0.2) is 0 Å². The Balaban J connectivity index is 2.31. The van der Waals surface area contributed by atoms with Gasteiger partial charge in [0, 0.05) is 6.61 Å². The predicted molar refractivity (Wildman–Crippen MR) is 69.1 cm³/mol. The summed E-state index contributed by atoms with van der Waals surface area (Å²) in [5.41, 5.74) is 1.43. The second kappa shape index (κ2) is 5.98. The van der Waals surface area contributed by atoms with Crippen LogP contribution < -0.4 is 4.74 Å². The summed E-state index contributed by atoms with van der Waals surface area (Å²) in [5.74, 6) is 1.19. The molecule has 0 aliphatic rings. The number of hydrogen-bond acceptors (Lipinski definition) is 3. The van der Waals surface area contributed by atoms with E-state index in [1.54, 1.807) is 18.2 Å². The Morgan fingerprint density at radius 3 is 2.39 bits per heavy atom. The van der Waals surface area contributed by atoms with Gasteiger partial charge in [0.2, 0.25) is 0 Å². The molecule has 0 spiro atoms. The minimum Gasteiger partial charge on any atom is -0.456 e. The third-order valence-electron chi connectivity index (χ3n) is 2.62. The highest BCUT2D eigenvalue weighted by Gasteiger charge is 2.06. The van der Waals surface area contributed by atoms with Crippen molar-refractivity contribution >= 4 is 6.29 Å². The van der Waals surface area contributed by atoms with Crippen LogP contribution in [0.3, 0.4) is 0 Å². The van der Waals surface area contributed by atoms with Crippen LogP contribution in [-0.4, -0.2) is 18.0 Å². The molecule has 2 rings (SSSR count). The van der Waals surface area contributed by atoms with Gasteiger partial charge < -0.3 is 9.84 Å². The van der Waals surface area contributed by atoms with Gasteiger partial charge in [0.25, 0.3) is 0 Å². The number of carbonyl (C=O) groups is 1. The SMILES string of the molecule is O=Cc1ccccc1Oc1ccccc1CCO. The van der Waals surface area contributed by atoms with Crippen LogP contribution in [0.25, 0.3) is 0 Å². The molecule has 0 aliphatic carbocycles. The van der Waals surface area contributed by atoms with E-state index in [9.17, 15) is 4.79 Å². The number of rotatable bonds is 5. The topological polar surface area (TPSA) is 46.5 Å². The van der Waals surface area contributed by atoms with Gasteiger partial charge in [0.15, 0.2) is 6.29 Å². The van der Waals surface area contributed by atoms with Crippen molar-refractivity contribution in [2.75, 3.05) is 6.61 Å². The van der Waals surface area contributed by atoms with Crippen LogP contribution in [0.15, 0.2) is 48.5 Å². The molecule has 0 unspecified atom stereocenters. The standard InChI is InChI=1S/C15H14O3/c16-10-9-12-5-1-3-7-14(12)18-15-8-4-2-6-13(15)11-17/h1-8,11,16H,9-10H2. The van der Waals surface area contributed by atoms with E-state index in [0.717, 1.165) is 11.8 Å². The maximum Gasteiger partial charge on any atom is 0.153 e. The summed E-state index contributed by atoms with van der Waals surface area (Å²) in [4.78, 5) is 10.9. The van der Waals surface area contributed by atoms with E-state index >= 15 is 0 Å². The third-order valence-corrected chi connectivity index (χ3v) is 2.62. The highest BCUT2D eigenvalue weighted by atomic mass is 16.5. The lowest BCUT2D eigenvalue weighted by Gasteiger charge is -2.11. The molecule has 2 aromatic rings. The van der Waals surface area contributed by atoms with E-state index in [-0.39, 0.29) is 6.61 Å². The number of para-hydroxylation sites is 2. The van der Waals surface area contributed by atoms with E-state index in [1.165, 1.54) is 0 Å². The number of aliphatic hydroxyl groups is 1. The average molecular weight is 242 g/mol. The zero-order valence-corrected chi connectivity index (χ0v) is 9.87. The Labute approximate surface area is 106 Å². The molecule has 0 atom stereocenters. The summed E-state index contributed by atoms with van der Waals surface area (Å²) in [7, 11) is 0. The van der Waals surface area contributed by atoms with Crippen molar-refractivity contribution in [3.63, 3.8) is 0 Å². The van der Waals surface area contributed by atoms with E-state index in [0.29, 0.717) is 23.5 Å². The van der Waals surface area contributed by atoms with Gasteiger partial charge in [0.05, 0.1) is 5.56 Å². The fourth-order valence-electron chi connectivity index (χ4n) is 1.72. The molecule has 18 heavy (non-hydrogen) atoms. The van der Waals surface area contributed by atoms with Gasteiger partial charge in [-0.2, -0.15) is 0 Å². The fraction of sp³-hybridized carbons (Fsp3) is 0.133. The highest BCUT2D eigenvalue weighted by Crippen LogP contribution is 2.27. The molecule has 0 bridgehead atoms. The Hall–Kier alpha value is -2.13. The van der Waals surface area contributed by atoms with Gasteiger partial charge in [-0.15, -0.1) is 0 Å². The quantitative estimate of drug-likeness (QED) is 0.820. The van der Waals surface area contributed by atoms with E-state index in [4.69, 9.17) is 9.84 Å². The van der Waals surface area contributed by atoms with Crippen molar-refractivity contribution < 1.29 is 14.6 Å². The van der Waals surface area contributed by atoms with Crippen LogP contribution >= 0.6 is 0 Å². The molecule has 0 saturated heterocycles. The van der Waals surface area contributed by atoms with Crippen molar-refractivity contribution in [3.8, 4) is 11.5 Å². The molecule has 0 saturated carbocycles. The molecule has 3 nitrogen and oxygen atoms in total. The lowest BCUT2D eigenvalue weighted by molar-refractivity contribution is 0.112. The minimum atomic E-state index is 0.0652. The first kappa shape index (κ1) is 12.3. The van der Waals surface area contributed by atoms with E-state index in [1.807, 2.05) is 30.3 Å². The average Bonchev–Trinajstić information content (AvgIpc) is 2.42. The maximum atomic E-state index is 10.9. The van der Waals surface area contributed by atoms with Crippen molar-refractivity contribution in [2.45, 2.75) is 6.42 Å². The summed E-state index contributed by atoms with van der Waals surface area (Å²) >= 11 is 0. The molecular formula is C15H14O3. The first-order valence-corrected chi connectivity index (χ1v) is 5.76. The molecular weight excluding hydrogens is 228 g/mol. The summed E-state index contributed by atoms with van der Waals surface area (Å²) < 4.78 is 5.74. The van der Waals surface area contributed by atoms with Gasteiger partial charge in [0.1, 0.15) is 11.5 Å². The van der Waals surface area contributed by atoms with Crippen molar-refractivity contribution in [1.82, 2.24) is 0 Å². The van der Waals surface area contributed by atoms with Crippen molar-refractivity contribution in [3.05, 3.63) is 59.7 Å². The van der Waals surface area contributed by atoms with Crippen LogP contribution in [0.2, 0.25) is 0 Å². The zero-order valence-electron chi connectivity index (χ0n) is 9.87. The van der Waals surface area contributed by atoms with Crippen molar-refractivity contribution in [1.29, 1.82) is 0 Å². The zero-order chi connectivity index (χ0) is 12.8. The number of hydrogen-bond donors (Lipinski definition) is 1. The first-order chi connectivity index (χ1) is 8.85. The molecule has 0 aromatic heterocycles. The Kier molecular flexibility index (Phi) is 4.10. The second-order valence-electron chi connectivity index (χ2n) is 3.84. The van der Waals surface area contributed by atoms with Crippen LogP contribution in [-0.2, 0) is 6.42 Å². The van der Waals surface area contributed by atoms with Gasteiger partial charge in [-0.05, 0) is 30.2 Å². The molecule has 3 heteroatoms. The summed E-state index contributed by atoms with van der Waals surface area (Å²) in [6.07, 6.45) is 1.30. The van der Waals surface area contributed by atoms with Crippen molar-refractivity contribution in [2.24, 2.45) is 0 Å². The summed E-state index contributed by atoms with van der Waals surface area (Å²) in [5, 5.41) is 9.00. The molecule has 0 amide bonds. The van der Waals surface area contributed by atoms with Crippen LogP contribution in [0.4, 0.5) is 0 Å². The van der Waals surface area contributed by atoms with Crippen LogP contribution in [0, 0.1) is 0 Å². The summed E-state index contributed by atoms with van der Waals surface area (Å²) in [6, 6.07) is 14.5. The maximum absolute atomic E-state index is 10.9. The minimum absolute atomic E-state index is 0.0652. The molecule has 92 valence electrons. The second-order valence-corrected chi connectivity index (χ2v) is 3.84. The number of aliphatic hydroxyl groups excluding tert-OH is 1. The van der Waals surface area contributed by atoms with Gasteiger partial charge in [-0.3, -0.25) is 4.79 Å². The van der Waals surface area contributed by atoms with E-state index < -0.39 is 0 Å². The molecule has 0 aliphatic heterocycles. The van der Waals surface area contributed by atoms with Crippen LogP contribution in [0.5, 0.6) is 11.5 Å². The van der Waals surface area contributed by atoms with Gasteiger partial charge >= 0.3 is 0 Å². The smallest absolute Gasteiger partial charge is 0.153 e. The lowest BCUT2D eigenvalue weighted by atomic mass is 10.1. The predicted octanol–water partition coefficient (Wildman–Crippen LogP) is 2.83. The molecule has 0 fully saturated rings.